The number of carbonyl (C=O) groups is 1. The standard InChI is InChI=1S/C20H19N3O3S/c1-14-11-15-7-3-4-8-17(15)23(14)20(24)16-12-21-22(13-16)18-9-5-6-10-19(18)27(2,25)26/h3-10,12-14H,11H2,1-2H3/t14-/m0/s1. The van der Waals surface area contributed by atoms with Crippen molar-refractivity contribution in [3.63, 3.8) is 0 Å². The Hall–Kier alpha value is -2.93. The summed E-state index contributed by atoms with van der Waals surface area (Å²) in [6.45, 7) is 2.02. The van der Waals surface area contributed by atoms with Gasteiger partial charge in [0.2, 0.25) is 0 Å². The van der Waals surface area contributed by atoms with Crippen molar-refractivity contribution < 1.29 is 13.2 Å². The highest BCUT2D eigenvalue weighted by Crippen LogP contribution is 2.33. The lowest BCUT2D eigenvalue weighted by molar-refractivity contribution is 0.0981. The number of benzene rings is 2. The molecule has 138 valence electrons. The molecule has 0 radical (unpaired) electrons. The van der Waals surface area contributed by atoms with E-state index in [9.17, 15) is 13.2 Å². The molecule has 0 unspecified atom stereocenters. The van der Waals surface area contributed by atoms with Crippen LogP contribution in [0.3, 0.4) is 0 Å². The number of anilines is 1. The summed E-state index contributed by atoms with van der Waals surface area (Å²) in [5, 5.41) is 4.24. The van der Waals surface area contributed by atoms with Crippen molar-refractivity contribution in [3.8, 4) is 5.69 Å². The van der Waals surface area contributed by atoms with Crippen LogP contribution < -0.4 is 4.90 Å². The second-order valence-electron chi connectivity index (χ2n) is 6.77. The quantitative estimate of drug-likeness (QED) is 0.699. The van der Waals surface area contributed by atoms with E-state index < -0.39 is 9.84 Å². The zero-order valence-corrected chi connectivity index (χ0v) is 15.8. The fourth-order valence-corrected chi connectivity index (χ4v) is 4.41. The van der Waals surface area contributed by atoms with E-state index in [1.807, 2.05) is 31.2 Å². The molecule has 1 aliphatic rings. The van der Waals surface area contributed by atoms with E-state index in [1.165, 1.54) is 16.9 Å². The van der Waals surface area contributed by atoms with E-state index in [1.54, 1.807) is 29.3 Å². The van der Waals surface area contributed by atoms with E-state index in [0.717, 1.165) is 23.9 Å². The lowest BCUT2D eigenvalue weighted by Gasteiger charge is -2.21. The summed E-state index contributed by atoms with van der Waals surface area (Å²) in [5.41, 5.74) is 2.91. The second kappa shape index (κ2) is 6.35. The Morgan fingerprint density at radius 3 is 2.48 bits per heavy atom. The van der Waals surface area contributed by atoms with Crippen LogP contribution in [-0.2, 0) is 16.3 Å². The number of hydrogen-bond acceptors (Lipinski definition) is 4. The molecule has 27 heavy (non-hydrogen) atoms. The zero-order chi connectivity index (χ0) is 19.2. The van der Waals surface area contributed by atoms with Gasteiger partial charge in [-0.1, -0.05) is 30.3 Å². The van der Waals surface area contributed by atoms with Gasteiger partial charge in [-0.2, -0.15) is 5.10 Å². The minimum absolute atomic E-state index is 0.0570. The Kier molecular flexibility index (Phi) is 4.11. The maximum absolute atomic E-state index is 13.1. The molecule has 1 aromatic heterocycles. The largest absolute Gasteiger partial charge is 0.305 e. The molecule has 1 amide bonds. The van der Waals surface area contributed by atoms with E-state index in [0.29, 0.717) is 11.3 Å². The van der Waals surface area contributed by atoms with Crippen molar-refractivity contribution in [3.05, 3.63) is 72.1 Å². The molecule has 6 nitrogen and oxygen atoms in total. The number of carbonyl (C=O) groups excluding carboxylic acids is 1. The molecule has 3 aromatic rings. The van der Waals surface area contributed by atoms with Gasteiger partial charge in [0.25, 0.3) is 5.91 Å². The topological polar surface area (TPSA) is 72.3 Å². The van der Waals surface area contributed by atoms with Gasteiger partial charge in [0.1, 0.15) is 0 Å². The second-order valence-corrected chi connectivity index (χ2v) is 8.75. The minimum atomic E-state index is -3.41. The summed E-state index contributed by atoms with van der Waals surface area (Å²) in [5.74, 6) is -0.143. The van der Waals surface area contributed by atoms with Crippen LogP contribution in [0.1, 0.15) is 22.8 Å². The lowest BCUT2D eigenvalue weighted by atomic mass is 10.1. The van der Waals surface area contributed by atoms with Gasteiger partial charge in [0, 0.05) is 24.2 Å². The molecule has 2 heterocycles. The smallest absolute Gasteiger partial charge is 0.261 e. The van der Waals surface area contributed by atoms with Gasteiger partial charge in [0.05, 0.1) is 22.3 Å². The van der Waals surface area contributed by atoms with Crippen LogP contribution in [0.2, 0.25) is 0 Å². The van der Waals surface area contributed by atoms with Crippen molar-refractivity contribution in [2.75, 3.05) is 11.2 Å². The number of sulfone groups is 1. The van der Waals surface area contributed by atoms with Gasteiger partial charge >= 0.3 is 0 Å². The summed E-state index contributed by atoms with van der Waals surface area (Å²) < 4.78 is 25.5. The van der Waals surface area contributed by atoms with Crippen LogP contribution >= 0.6 is 0 Å². The molecule has 4 rings (SSSR count). The highest BCUT2D eigenvalue weighted by molar-refractivity contribution is 7.90. The monoisotopic (exact) mass is 381 g/mol. The molecule has 0 fully saturated rings. The molecular formula is C20H19N3O3S. The molecule has 7 heteroatoms. The fraction of sp³-hybridized carbons (Fsp3) is 0.200. The Morgan fingerprint density at radius 2 is 1.74 bits per heavy atom. The first-order valence-corrected chi connectivity index (χ1v) is 10.5. The summed E-state index contributed by atoms with van der Waals surface area (Å²) >= 11 is 0. The van der Waals surface area contributed by atoms with Crippen LogP contribution in [-0.4, -0.2) is 36.4 Å². The van der Waals surface area contributed by atoms with Crippen LogP contribution in [0.5, 0.6) is 0 Å². The van der Waals surface area contributed by atoms with E-state index in [4.69, 9.17) is 0 Å². The maximum Gasteiger partial charge on any atom is 0.261 e. The van der Waals surface area contributed by atoms with Crippen molar-refractivity contribution in [1.29, 1.82) is 0 Å². The first kappa shape index (κ1) is 17.5. The van der Waals surface area contributed by atoms with Crippen molar-refractivity contribution >= 4 is 21.4 Å². The van der Waals surface area contributed by atoms with Crippen molar-refractivity contribution in [1.82, 2.24) is 9.78 Å². The maximum atomic E-state index is 13.1. The minimum Gasteiger partial charge on any atom is -0.305 e. The molecule has 0 spiro atoms. The Bertz CT molecular complexity index is 1130. The Morgan fingerprint density at radius 1 is 1.07 bits per heavy atom. The number of aromatic nitrogens is 2. The summed E-state index contributed by atoms with van der Waals surface area (Å²) in [6.07, 6.45) is 5.03. The third-order valence-electron chi connectivity index (χ3n) is 4.77. The van der Waals surface area contributed by atoms with Crippen LogP contribution in [0, 0.1) is 0 Å². The predicted molar refractivity (Wildman–Crippen MR) is 103 cm³/mol. The Balaban J connectivity index is 1.72. The normalized spacial score (nSPS) is 16.4. The number of hydrogen-bond donors (Lipinski definition) is 0. The van der Waals surface area contributed by atoms with Crippen LogP contribution in [0.4, 0.5) is 5.69 Å². The number of amides is 1. The molecule has 1 atom stereocenters. The summed E-state index contributed by atoms with van der Waals surface area (Å²) in [4.78, 5) is 15.1. The van der Waals surface area contributed by atoms with Gasteiger partial charge in [-0.25, -0.2) is 13.1 Å². The molecule has 0 N–H and O–H groups in total. The number of para-hydroxylation sites is 2. The number of nitrogens with zero attached hydrogens (tertiary/aromatic N) is 3. The molecule has 0 saturated carbocycles. The first-order chi connectivity index (χ1) is 12.9. The van der Waals surface area contributed by atoms with E-state index >= 15 is 0 Å². The van der Waals surface area contributed by atoms with E-state index in [2.05, 4.69) is 5.10 Å². The highest BCUT2D eigenvalue weighted by Gasteiger charge is 2.32. The van der Waals surface area contributed by atoms with Gasteiger partial charge < -0.3 is 4.90 Å². The van der Waals surface area contributed by atoms with Gasteiger partial charge in [-0.3, -0.25) is 4.79 Å². The molecular weight excluding hydrogens is 362 g/mol. The number of rotatable bonds is 3. The van der Waals surface area contributed by atoms with Crippen LogP contribution in [0.15, 0.2) is 65.8 Å². The average Bonchev–Trinajstić information content (AvgIpc) is 3.24. The average molecular weight is 381 g/mol. The summed E-state index contributed by atoms with van der Waals surface area (Å²) in [7, 11) is -3.41. The fourth-order valence-electron chi connectivity index (χ4n) is 3.54. The molecule has 0 aliphatic carbocycles. The lowest BCUT2D eigenvalue weighted by Crippen LogP contribution is -2.35. The highest BCUT2D eigenvalue weighted by atomic mass is 32.2. The third-order valence-corrected chi connectivity index (χ3v) is 5.91. The Labute approximate surface area is 158 Å². The number of fused-ring (bicyclic) bond motifs is 1. The molecule has 1 aliphatic heterocycles. The van der Waals surface area contributed by atoms with E-state index in [-0.39, 0.29) is 16.8 Å². The molecule has 2 aromatic carbocycles. The first-order valence-electron chi connectivity index (χ1n) is 8.62. The third kappa shape index (κ3) is 3.04. The van der Waals surface area contributed by atoms with Gasteiger partial charge in [-0.15, -0.1) is 0 Å². The SMILES string of the molecule is C[C@H]1Cc2ccccc2N1C(=O)c1cnn(-c2ccccc2S(C)(=O)=O)c1. The van der Waals surface area contributed by atoms with Crippen molar-refractivity contribution in [2.45, 2.75) is 24.3 Å². The van der Waals surface area contributed by atoms with Crippen molar-refractivity contribution in [2.24, 2.45) is 0 Å². The summed E-state index contributed by atoms with van der Waals surface area (Å²) in [6, 6.07) is 14.5. The predicted octanol–water partition coefficient (Wildman–Crippen LogP) is 2.87. The van der Waals surface area contributed by atoms with Crippen LogP contribution in [0.25, 0.3) is 5.69 Å². The molecule has 0 saturated heterocycles. The van der Waals surface area contributed by atoms with Gasteiger partial charge in [-0.05, 0) is 37.1 Å². The van der Waals surface area contributed by atoms with Gasteiger partial charge in [0.15, 0.2) is 9.84 Å². The zero-order valence-electron chi connectivity index (χ0n) is 15.0. The molecule has 0 bridgehead atoms.